The van der Waals surface area contributed by atoms with Crippen molar-refractivity contribution in [3.63, 3.8) is 0 Å². The Morgan fingerprint density at radius 1 is 1.06 bits per heavy atom. The van der Waals surface area contributed by atoms with Crippen LogP contribution >= 0.6 is 0 Å². The number of amides is 1. The Labute approximate surface area is 204 Å². The van der Waals surface area contributed by atoms with E-state index in [9.17, 15) is 19.8 Å². The molecule has 9 nitrogen and oxygen atoms in total. The number of nitrogens with one attached hydrogen (secondary N) is 1. The van der Waals surface area contributed by atoms with E-state index in [4.69, 9.17) is 9.47 Å². The smallest absolute Gasteiger partial charge is 0.326 e. The Kier molecular flexibility index (Phi) is 8.35. The molecule has 1 aromatic heterocycles. The molecule has 0 radical (unpaired) electrons. The molecule has 0 unspecified atom stereocenters. The number of carbonyl (C=O) groups is 2. The molecule has 1 heterocycles. The summed E-state index contributed by atoms with van der Waals surface area (Å²) in [5.41, 5.74) is 2.25. The van der Waals surface area contributed by atoms with E-state index in [0.717, 1.165) is 5.56 Å². The van der Waals surface area contributed by atoms with Crippen molar-refractivity contribution in [1.29, 1.82) is 0 Å². The highest BCUT2D eigenvalue weighted by Gasteiger charge is 2.25. The number of benzene rings is 2. The number of aromatic nitrogens is 2. The topological polar surface area (TPSA) is 123 Å². The second kappa shape index (κ2) is 11.4. The summed E-state index contributed by atoms with van der Waals surface area (Å²) in [6.07, 6.45) is 0.606. The number of carbonyl (C=O) groups excluding carboxylic acids is 1. The first-order valence-corrected chi connectivity index (χ1v) is 11.3. The number of rotatable bonds is 11. The first kappa shape index (κ1) is 25.6. The zero-order chi connectivity index (χ0) is 25.5. The molecule has 0 saturated carbocycles. The molecular formula is C26H31N3O6. The van der Waals surface area contributed by atoms with Crippen LogP contribution in [0.25, 0.3) is 11.3 Å². The number of hydrogen-bond acceptors (Lipinski definition) is 6. The molecular weight excluding hydrogens is 450 g/mol. The Hall–Kier alpha value is -4.01. The van der Waals surface area contributed by atoms with Gasteiger partial charge in [-0.3, -0.25) is 9.48 Å². The number of phenols is 1. The number of methoxy groups -OCH3 is 2. The van der Waals surface area contributed by atoms with Crippen molar-refractivity contribution >= 4 is 11.9 Å². The van der Waals surface area contributed by atoms with Gasteiger partial charge in [0.2, 0.25) is 0 Å². The third-order valence-corrected chi connectivity index (χ3v) is 5.50. The van der Waals surface area contributed by atoms with Crippen LogP contribution in [-0.2, 0) is 17.8 Å². The fourth-order valence-corrected chi connectivity index (χ4v) is 3.78. The lowest BCUT2D eigenvalue weighted by Crippen LogP contribution is -2.41. The van der Waals surface area contributed by atoms with Gasteiger partial charge in [0.25, 0.3) is 5.91 Å². The maximum atomic E-state index is 13.1. The number of aliphatic carboxylic acids is 1. The van der Waals surface area contributed by atoms with Crippen LogP contribution in [0.2, 0.25) is 0 Å². The van der Waals surface area contributed by atoms with Crippen LogP contribution in [-0.4, -0.2) is 52.1 Å². The van der Waals surface area contributed by atoms with Gasteiger partial charge in [-0.15, -0.1) is 0 Å². The van der Waals surface area contributed by atoms with Gasteiger partial charge in [-0.25, -0.2) is 4.79 Å². The highest BCUT2D eigenvalue weighted by atomic mass is 16.5. The third kappa shape index (κ3) is 6.32. The minimum absolute atomic E-state index is 0.101. The van der Waals surface area contributed by atoms with E-state index in [0.29, 0.717) is 35.7 Å². The van der Waals surface area contributed by atoms with Crippen LogP contribution in [0.1, 0.15) is 36.3 Å². The molecule has 0 saturated heterocycles. The third-order valence-electron chi connectivity index (χ3n) is 5.50. The number of carboxylic acid groups (broad SMARTS) is 1. The number of aryl methyl sites for hydroxylation is 1. The fraction of sp³-hybridized carbons (Fsp3) is 0.346. The predicted molar refractivity (Wildman–Crippen MR) is 131 cm³/mol. The summed E-state index contributed by atoms with van der Waals surface area (Å²) in [7, 11) is 3.11. The average Bonchev–Trinajstić information content (AvgIpc) is 3.24. The summed E-state index contributed by atoms with van der Waals surface area (Å²) in [5, 5.41) is 26.2. The average molecular weight is 482 g/mol. The van der Waals surface area contributed by atoms with Crippen LogP contribution in [0.5, 0.6) is 17.2 Å². The van der Waals surface area contributed by atoms with Gasteiger partial charge in [0.15, 0.2) is 5.69 Å². The maximum Gasteiger partial charge on any atom is 0.326 e. The molecule has 1 amide bonds. The van der Waals surface area contributed by atoms with E-state index < -0.39 is 17.9 Å². The molecule has 35 heavy (non-hydrogen) atoms. The lowest BCUT2D eigenvalue weighted by molar-refractivity contribution is -0.139. The summed E-state index contributed by atoms with van der Waals surface area (Å²) >= 11 is 0. The van der Waals surface area contributed by atoms with Crippen molar-refractivity contribution in [3.05, 3.63) is 59.8 Å². The van der Waals surface area contributed by atoms with Crippen LogP contribution in [0.3, 0.4) is 0 Å². The van der Waals surface area contributed by atoms with Crippen molar-refractivity contribution < 1.29 is 29.3 Å². The van der Waals surface area contributed by atoms with E-state index in [2.05, 4.69) is 10.4 Å². The quantitative estimate of drug-likeness (QED) is 0.381. The summed E-state index contributed by atoms with van der Waals surface area (Å²) in [6.45, 7) is 4.61. The van der Waals surface area contributed by atoms with E-state index in [1.165, 1.54) is 0 Å². The first-order chi connectivity index (χ1) is 16.7. The number of carboxylic acids is 1. The summed E-state index contributed by atoms with van der Waals surface area (Å²) in [4.78, 5) is 24.9. The van der Waals surface area contributed by atoms with Crippen LogP contribution < -0.4 is 14.8 Å². The molecule has 0 fully saturated rings. The van der Waals surface area contributed by atoms with Crippen molar-refractivity contribution in [2.24, 2.45) is 5.92 Å². The Morgan fingerprint density at radius 3 is 2.23 bits per heavy atom. The van der Waals surface area contributed by atoms with Crippen LogP contribution in [0.4, 0.5) is 0 Å². The van der Waals surface area contributed by atoms with E-state index in [-0.39, 0.29) is 23.8 Å². The van der Waals surface area contributed by atoms with Gasteiger partial charge in [0, 0.05) is 6.54 Å². The maximum absolute atomic E-state index is 13.1. The van der Waals surface area contributed by atoms with Gasteiger partial charge in [-0.1, -0.05) is 32.0 Å². The first-order valence-electron chi connectivity index (χ1n) is 11.3. The minimum atomic E-state index is -1.13. The van der Waals surface area contributed by atoms with E-state index in [1.807, 2.05) is 19.9 Å². The van der Waals surface area contributed by atoms with Gasteiger partial charge in [-0.2, -0.15) is 5.10 Å². The predicted octanol–water partition coefficient (Wildman–Crippen LogP) is 3.74. The lowest BCUT2D eigenvalue weighted by atomic mass is 10.0. The molecule has 1 atom stereocenters. The number of ether oxygens (including phenoxy) is 2. The number of hydrogen-bond donors (Lipinski definition) is 3. The van der Waals surface area contributed by atoms with Crippen LogP contribution in [0.15, 0.2) is 48.5 Å². The highest BCUT2D eigenvalue weighted by molar-refractivity contribution is 5.96. The molecule has 0 bridgehead atoms. The second-order valence-corrected chi connectivity index (χ2v) is 8.60. The Balaban J connectivity index is 1.88. The zero-order valence-corrected chi connectivity index (χ0v) is 20.3. The van der Waals surface area contributed by atoms with Gasteiger partial charge in [0.05, 0.1) is 25.5 Å². The van der Waals surface area contributed by atoms with Gasteiger partial charge < -0.3 is 25.0 Å². The minimum Gasteiger partial charge on any atom is -0.508 e. The molecule has 0 aliphatic rings. The van der Waals surface area contributed by atoms with Crippen molar-refractivity contribution in [3.8, 4) is 28.5 Å². The van der Waals surface area contributed by atoms with Crippen molar-refractivity contribution in [2.45, 2.75) is 39.3 Å². The number of aromatic hydroxyl groups is 1. The molecule has 9 heteroatoms. The molecule has 0 spiro atoms. The Morgan fingerprint density at radius 2 is 1.69 bits per heavy atom. The standard InChI is InChI=1S/C26H31N3O6/c1-16(2)15-29-21(24-22(34-3)6-5-7-23(24)35-4)14-20(28-29)25(31)27-19(26(32)33)13-10-17-8-11-18(30)12-9-17/h5-9,11-12,14,16,19,30H,10,13,15H2,1-4H3,(H,27,31)(H,32,33)/t19-/m0/s1. The van der Waals surface area contributed by atoms with Gasteiger partial charge in [-0.05, 0) is 54.7 Å². The summed E-state index contributed by atoms with van der Waals surface area (Å²) in [6, 6.07) is 12.4. The zero-order valence-electron chi connectivity index (χ0n) is 20.3. The summed E-state index contributed by atoms with van der Waals surface area (Å²) in [5.74, 6) is -0.207. The largest absolute Gasteiger partial charge is 0.508 e. The van der Waals surface area contributed by atoms with Crippen molar-refractivity contribution in [1.82, 2.24) is 15.1 Å². The van der Waals surface area contributed by atoms with Crippen LogP contribution in [0, 0.1) is 5.92 Å². The molecule has 186 valence electrons. The van der Waals surface area contributed by atoms with Gasteiger partial charge in [0.1, 0.15) is 23.3 Å². The van der Waals surface area contributed by atoms with E-state index >= 15 is 0 Å². The summed E-state index contributed by atoms with van der Waals surface area (Å²) < 4.78 is 12.8. The van der Waals surface area contributed by atoms with Gasteiger partial charge >= 0.3 is 5.97 Å². The lowest BCUT2D eigenvalue weighted by Gasteiger charge is -2.15. The highest BCUT2D eigenvalue weighted by Crippen LogP contribution is 2.38. The van der Waals surface area contributed by atoms with E-state index in [1.54, 1.807) is 61.4 Å². The SMILES string of the molecule is COc1cccc(OC)c1-c1cc(C(=O)N[C@@H](CCc2ccc(O)cc2)C(=O)O)nn1CC(C)C. The molecule has 3 rings (SSSR count). The normalized spacial score (nSPS) is 11.8. The molecule has 0 aliphatic carbocycles. The Bertz CT molecular complexity index is 1150. The molecule has 3 N–H and O–H groups in total. The molecule has 0 aliphatic heterocycles. The molecule has 2 aromatic carbocycles. The van der Waals surface area contributed by atoms with Crippen molar-refractivity contribution in [2.75, 3.05) is 14.2 Å². The molecule has 3 aromatic rings. The fourth-order valence-electron chi connectivity index (χ4n) is 3.78. The number of phenolic OH excluding ortho intramolecular Hbond substituents is 1. The number of nitrogens with zero attached hydrogens (tertiary/aromatic N) is 2. The monoisotopic (exact) mass is 481 g/mol. The second-order valence-electron chi connectivity index (χ2n) is 8.60.